The number of morpholine rings is 1. The summed E-state index contributed by atoms with van der Waals surface area (Å²) in [6.45, 7) is 7.75. The number of hydrogen-bond donors (Lipinski definition) is 1. The van der Waals surface area contributed by atoms with Crippen molar-refractivity contribution in [3.8, 4) is 0 Å². The average Bonchev–Trinajstić information content (AvgIpc) is 2.58. The number of benzene rings is 1. The highest BCUT2D eigenvalue weighted by atomic mass is 35.5. The SMILES string of the molecule is Cc1ccc(Cl)cc1NC(=O)CC(=O)N(C)C[C@@H](C)N1CCOCC1. The summed E-state index contributed by atoms with van der Waals surface area (Å²) in [5.74, 6) is -0.529. The van der Waals surface area contributed by atoms with E-state index < -0.39 is 0 Å². The van der Waals surface area contributed by atoms with Gasteiger partial charge in [-0.05, 0) is 31.5 Å². The van der Waals surface area contributed by atoms with Gasteiger partial charge in [-0.3, -0.25) is 14.5 Å². The number of rotatable bonds is 6. The molecule has 1 heterocycles. The molecule has 1 aromatic rings. The van der Waals surface area contributed by atoms with Gasteiger partial charge in [0, 0.05) is 43.4 Å². The Labute approximate surface area is 154 Å². The summed E-state index contributed by atoms with van der Waals surface area (Å²) in [6.07, 6.45) is -0.182. The second-order valence-electron chi connectivity index (χ2n) is 6.46. The summed E-state index contributed by atoms with van der Waals surface area (Å²) in [5, 5.41) is 3.30. The Hall–Kier alpha value is -1.63. The molecule has 7 heteroatoms. The monoisotopic (exact) mass is 367 g/mol. The Morgan fingerprint density at radius 1 is 1.36 bits per heavy atom. The molecular weight excluding hydrogens is 342 g/mol. The Kier molecular flexibility index (Phi) is 7.23. The molecule has 1 saturated heterocycles. The smallest absolute Gasteiger partial charge is 0.233 e. The number of aryl methyl sites for hydroxylation is 1. The van der Waals surface area contributed by atoms with Crippen LogP contribution in [0.5, 0.6) is 0 Å². The molecule has 2 rings (SSSR count). The molecule has 2 amide bonds. The van der Waals surface area contributed by atoms with Gasteiger partial charge in [0.2, 0.25) is 11.8 Å². The van der Waals surface area contributed by atoms with Gasteiger partial charge in [-0.2, -0.15) is 0 Å². The van der Waals surface area contributed by atoms with Crippen molar-refractivity contribution in [1.29, 1.82) is 0 Å². The van der Waals surface area contributed by atoms with Gasteiger partial charge in [0.15, 0.2) is 0 Å². The summed E-state index contributed by atoms with van der Waals surface area (Å²) >= 11 is 5.95. The van der Waals surface area contributed by atoms with Gasteiger partial charge in [-0.25, -0.2) is 0 Å². The van der Waals surface area contributed by atoms with Crippen LogP contribution in [-0.4, -0.2) is 67.6 Å². The van der Waals surface area contributed by atoms with Gasteiger partial charge >= 0.3 is 0 Å². The van der Waals surface area contributed by atoms with E-state index in [0.717, 1.165) is 31.9 Å². The molecule has 0 unspecified atom stereocenters. The van der Waals surface area contributed by atoms with E-state index in [-0.39, 0.29) is 24.3 Å². The first-order valence-corrected chi connectivity index (χ1v) is 8.86. The van der Waals surface area contributed by atoms with E-state index in [1.165, 1.54) is 0 Å². The number of amides is 2. The summed E-state index contributed by atoms with van der Waals surface area (Å²) in [5.41, 5.74) is 1.54. The molecule has 25 heavy (non-hydrogen) atoms. The molecule has 1 aromatic carbocycles. The molecule has 0 saturated carbocycles. The van der Waals surface area contributed by atoms with Crippen LogP contribution in [-0.2, 0) is 14.3 Å². The maximum atomic E-state index is 12.3. The summed E-state index contributed by atoms with van der Waals surface area (Å²) < 4.78 is 5.34. The lowest BCUT2D eigenvalue weighted by Gasteiger charge is -2.34. The predicted octanol–water partition coefficient (Wildman–Crippen LogP) is 2.16. The van der Waals surface area contributed by atoms with Gasteiger partial charge < -0.3 is 15.0 Å². The van der Waals surface area contributed by atoms with Crippen molar-refractivity contribution in [2.24, 2.45) is 0 Å². The van der Waals surface area contributed by atoms with Crippen LogP contribution in [0.2, 0.25) is 5.02 Å². The zero-order valence-electron chi connectivity index (χ0n) is 15.0. The van der Waals surface area contributed by atoms with E-state index in [1.807, 2.05) is 13.0 Å². The van der Waals surface area contributed by atoms with E-state index in [0.29, 0.717) is 17.3 Å². The van der Waals surface area contributed by atoms with Crippen molar-refractivity contribution in [2.75, 3.05) is 45.2 Å². The first-order valence-electron chi connectivity index (χ1n) is 8.48. The van der Waals surface area contributed by atoms with Crippen LogP contribution < -0.4 is 5.32 Å². The lowest BCUT2D eigenvalue weighted by Crippen LogP contribution is -2.48. The quantitative estimate of drug-likeness (QED) is 0.783. The van der Waals surface area contributed by atoms with Crippen LogP contribution in [0, 0.1) is 6.92 Å². The fourth-order valence-electron chi connectivity index (χ4n) is 2.83. The maximum Gasteiger partial charge on any atom is 0.233 e. The molecule has 0 spiro atoms. The third-order valence-corrected chi connectivity index (χ3v) is 4.65. The summed E-state index contributed by atoms with van der Waals surface area (Å²) in [6, 6.07) is 5.51. The number of halogens is 1. The minimum absolute atomic E-state index is 0.182. The summed E-state index contributed by atoms with van der Waals surface area (Å²) in [7, 11) is 1.73. The average molecular weight is 368 g/mol. The number of anilines is 1. The molecular formula is C18H26ClN3O3. The number of carbonyl (C=O) groups excluding carboxylic acids is 2. The lowest BCUT2D eigenvalue weighted by atomic mass is 10.2. The minimum atomic E-state index is -0.332. The van der Waals surface area contributed by atoms with Crippen LogP contribution in [0.4, 0.5) is 5.69 Å². The van der Waals surface area contributed by atoms with Gasteiger partial charge in [0.1, 0.15) is 6.42 Å². The zero-order valence-corrected chi connectivity index (χ0v) is 15.8. The van der Waals surface area contributed by atoms with Crippen molar-refractivity contribution in [2.45, 2.75) is 26.3 Å². The Morgan fingerprint density at radius 2 is 2.04 bits per heavy atom. The van der Waals surface area contributed by atoms with Gasteiger partial charge in [-0.1, -0.05) is 17.7 Å². The maximum absolute atomic E-state index is 12.3. The standard InChI is InChI=1S/C18H26ClN3O3/c1-13-4-5-15(19)10-16(13)20-17(23)11-18(24)21(3)12-14(2)22-6-8-25-9-7-22/h4-5,10,14H,6-9,11-12H2,1-3H3,(H,20,23)/t14-/m1/s1. The highest BCUT2D eigenvalue weighted by molar-refractivity contribution is 6.31. The molecule has 1 aliphatic heterocycles. The second kappa shape index (κ2) is 9.17. The molecule has 0 bridgehead atoms. The predicted molar refractivity (Wildman–Crippen MR) is 98.9 cm³/mol. The first kappa shape index (κ1) is 19.7. The van der Waals surface area contributed by atoms with E-state index >= 15 is 0 Å². The highest BCUT2D eigenvalue weighted by Gasteiger charge is 2.21. The molecule has 0 aliphatic carbocycles. The minimum Gasteiger partial charge on any atom is -0.379 e. The van der Waals surface area contributed by atoms with Gasteiger partial charge in [-0.15, -0.1) is 0 Å². The van der Waals surface area contributed by atoms with Crippen LogP contribution in [0.15, 0.2) is 18.2 Å². The molecule has 1 N–H and O–H groups in total. The number of hydrogen-bond acceptors (Lipinski definition) is 4. The second-order valence-corrected chi connectivity index (χ2v) is 6.89. The van der Waals surface area contributed by atoms with Crippen molar-refractivity contribution >= 4 is 29.1 Å². The van der Waals surface area contributed by atoms with E-state index in [9.17, 15) is 9.59 Å². The molecule has 138 valence electrons. The molecule has 1 aliphatic rings. The molecule has 1 fully saturated rings. The number of nitrogens with one attached hydrogen (secondary N) is 1. The third kappa shape index (κ3) is 5.99. The third-order valence-electron chi connectivity index (χ3n) is 4.42. The first-order chi connectivity index (χ1) is 11.9. The molecule has 0 aromatic heterocycles. The molecule has 6 nitrogen and oxygen atoms in total. The largest absolute Gasteiger partial charge is 0.379 e. The van der Waals surface area contributed by atoms with Crippen LogP contribution >= 0.6 is 11.6 Å². The Morgan fingerprint density at radius 3 is 2.72 bits per heavy atom. The molecule has 0 radical (unpaired) electrons. The fraction of sp³-hybridized carbons (Fsp3) is 0.556. The van der Waals surface area contributed by atoms with Gasteiger partial charge in [0.05, 0.1) is 13.2 Å². The Bertz CT molecular complexity index is 618. The van der Waals surface area contributed by atoms with Crippen molar-refractivity contribution in [3.63, 3.8) is 0 Å². The van der Waals surface area contributed by atoms with Gasteiger partial charge in [0.25, 0.3) is 0 Å². The fourth-order valence-corrected chi connectivity index (χ4v) is 3.00. The lowest BCUT2D eigenvalue weighted by molar-refractivity contribution is -0.134. The van der Waals surface area contributed by atoms with Crippen molar-refractivity contribution in [1.82, 2.24) is 9.80 Å². The van der Waals surface area contributed by atoms with Crippen molar-refractivity contribution < 1.29 is 14.3 Å². The van der Waals surface area contributed by atoms with Crippen LogP contribution in [0.1, 0.15) is 18.9 Å². The normalized spacial score (nSPS) is 16.3. The van der Waals surface area contributed by atoms with Crippen LogP contribution in [0.3, 0.4) is 0 Å². The highest BCUT2D eigenvalue weighted by Crippen LogP contribution is 2.20. The van der Waals surface area contributed by atoms with E-state index in [4.69, 9.17) is 16.3 Å². The summed E-state index contributed by atoms with van der Waals surface area (Å²) in [4.78, 5) is 28.4. The zero-order chi connectivity index (χ0) is 18.4. The molecule has 1 atom stereocenters. The van der Waals surface area contributed by atoms with Crippen LogP contribution in [0.25, 0.3) is 0 Å². The number of carbonyl (C=O) groups is 2. The van der Waals surface area contributed by atoms with E-state index in [2.05, 4.69) is 17.1 Å². The number of nitrogens with zero attached hydrogens (tertiary/aromatic N) is 2. The van der Waals surface area contributed by atoms with E-state index in [1.54, 1.807) is 24.1 Å². The Balaban J connectivity index is 1.83. The number of likely N-dealkylation sites (N-methyl/N-ethyl adjacent to an activating group) is 1. The number of ether oxygens (including phenoxy) is 1. The topological polar surface area (TPSA) is 61.9 Å². The van der Waals surface area contributed by atoms with Crippen molar-refractivity contribution in [3.05, 3.63) is 28.8 Å².